The molecule has 22 heavy (non-hydrogen) atoms. The number of amides is 1. The summed E-state index contributed by atoms with van der Waals surface area (Å²) in [7, 11) is 0. The quantitative estimate of drug-likeness (QED) is 0.593. The Morgan fingerprint density at radius 1 is 1.32 bits per heavy atom. The minimum Gasteiger partial charge on any atom is -0.380 e. The molecule has 1 atom stereocenters. The van der Waals surface area contributed by atoms with Crippen molar-refractivity contribution in [2.45, 2.75) is 52.6 Å². The molecule has 0 aromatic carbocycles. The predicted octanol–water partition coefficient (Wildman–Crippen LogP) is 2.06. The van der Waals surface area contributed by atoms with Gasteiger partial charge in [0.2, 0.25) is 5.91 Å². The summed E-state index contributed by atoms with van der Waals surface area (Å²) in [6.07, 6.45) is 5.10. The molecule has 5 nitrogen and oxygen atoms in total. The van der Waals surface area contributed by atoms with Gasteiger partial charge in [-0.3, -0.25) is 9.69 Å². The third-order valence-electron chi connectivity index (χ3n) is 3.95. The highest BCUT2D eigenvalue weighted by molar-refractivity contribution is 5.77. The van der Waals surface area contributed by atoms with Gasteiger partial charge in [-0.05, 0) is 6.42 Å². The van der Waals surface area contributed by atoms with Crippen LogP contribution >= 0.6 is 0 Å². The van der Waals surface area contributed by atoms with Gasteiger partial charge in [-0.25, -0.2) is 0 Å². The molecule has 0 bridgehead atoms. The van der Waals surface area contributed by atoms with Crippen molar-refractivity contribution in [3.05, 3.63) is 0 Å². The first-order valence-corrected chi connectivity index (χ1v) is 8.83. The number of morpholine rings is 1. The molecule has 1 aliphatic rings. The second kappa shape index (κ2) is 11.9. The topological polar surface area (TPSA) is 50.8 Å². The highest BCUT2D eigenvalue weighted by Crippen LogP contribution is 2.05. The summed E-state index contributed by atoms with van der Waals surface area (Å²) in [5, 5.41) is 2.95. The standard InChI is InChI=1S/C17H34N2O3/c1-4-5-6-7-10-21-11-8-19-9-12-22-16(14-19)13-18-17(20)15(2)3/h15-16H,4-14H2,1-3H3,(H,18,20)/t16-/m1/s1. The second-order valence-corrected chi connectivity index (χ2v) is 6.37. The SMILES string of the molecule is CCCCCCOCCN1CCO[C@H](CNC(=O)C(C)C)C1. The minimum atomic E-state index is 0.0285. The molecule has 1 rings (SSSR count). The lowest BCUT2D eigenvalue weighted by Crippen LogP contribution is -2.48. The van der Waals surface area contributed by atoms with E-state index in [-0.39, 0.29) is 17.9 Å². The molecule has 0 unspecified atom stereocenters. The molecule has 1 aliphatic heterocycles. The molecule has 0 spiro atoms. The van der Waals surface area contributed by atoms with Crippen LogP contribution in [-0.4, -0.2) is 62.9 Å². The van der Waals surface area contributed by atoms with E-state index in [9.17, 15) is 4.79 Å². The monoisotopic (exact) mass is 314 g/mol. The number of rotatable bonds is 11. The lowest BCUT2D eigenvalue weighted by molar-refractivity contribution is -0.125. The van der Waals surface area contributed by atoms with Crippen molar-refractivity contribution in [2.24, 2.45) is 5.92 Å². The van der Waals surface area contributed by atoms with Crippen molar-refractivity contribution in [3.8, 4) is 0 Å². The van der Waals surface area contributed by atoms with E-state index in [1.54, 1.807) is 0 Å². The third kappa shape index (κ3) is 8.71. The Kier molecular flexibility index (Phi) is 10.5. The van der Waals surface area contributed by atoms with Crippen LogP contribution in [0.1, 0.15) is 46.5 Å². The van der Waals surface area contributed by atoms with Gasteiger partial charge >= 0.3 is 0 Å². The Morgan fingerprint density at radius 2 is 2.14 bits per heavy atom. The summed E-state index contributed by atoms with van der Waals surface area (Å²) in [5.74, 6) is 0.122. The fourth-order valence-corrected chi connectivity index (χ4v) is 2.45. The van der Waals surface area contributed by atoms with E-state index in [0.717, 1.165) is 39.5 Å². The fourth-order valence-electron chi connectivity index (χ4n) is 2.45. The summed E-state index contributed by atoms with van der Waals surface area (Å²) >= 11 is 0. The van der Waals surface area contributed by atoms with E-state index in [1.165, 1.54) is 25.7 Å². The number of hydrogen-bond donors (Lipinski definition) is 1. The number of ether oxygens (including phenoxy) is 2. The molecule has 0 radical (unpaired) electrons. The van der Waals surface area contributed by atoms with Gasteiger partial charge in [0.1, 0.15) is 0 Å². The molecule has 1 fully saturated rings. The number of nitrogens with one attached hydrogen (secondary N) is 1. The minimum absolute atomic E-state index is 0.0285. The van der Waals surface area contributed by atoms with Crippen LogP contribution in [0.2, 0.25) is 0 Å². The van der Waals surface area contributed by atoms with Gasteiger partial charge in [0, 0.05) is 38.7 Å². The average Bonchev–Trinajstić information content (AvgIpc) is 2.52. The van der Waals surface area contributed by atoms with Crippen LogP contribution in [0.25, 0.3) is 0 Å². The number of unbranched alkanes of at least 4 members (excludes halogenated alkanes) is 3. The Bertz CT molecular complexity index is 298. The number of carbonyl (C=O) groups is 1. The Balaban J connectivity index is 2.06. The largest absolute Gasteiger partial charge is 0.380 e. The molecule has 1 N–H and O–H groups in total. The van der Waals surface area contributed by atoms with E-state index in [1.807, 2.05) is 13.8 Å². The smallest absolute Gasteiger partial charge is 0.222 e. The van der Waals surface area contributed by atoms with Gasteiger partial charge < -0.3 is 14.8 Å². The first kappa shape index (κ1) is 19.4. The van der Waals surface area contributed by atoms with E-state index in [0.29, 0.717) is 6.54 Å². The number of nitrogens with zero attached hydrogens (tertiary/aromatic N) is 1. The van der Waals surface area contributed by atoms with Gasteiger partial charge in [-0.1, -0.05) is 40.0 Å². The summed E-state index contributed by atoms with van der Waals surface area (Å²) < 4.78 is 11.4. The maximum Gasteiger partial charge on any atom is 0.222 e. The average molecular weight is 314 g/mol. The summed E-state index contributed by atoms with van der Waals surface area (Å²) in [5.41, 5.74) is 0. The molecule has 1 heterocycles. The molecular formula is C17H34N2O3. The van der Waals surface area contributed by atoms with Crippen molar-refractivity contribution in [2.75, 3.05) is 46.0 Å². The van der Waals surface area contributed by atoms with E-state index < -0.39 is 0 Å². The molecule has 0 aliphatic carbocycles. The summed E-state index contributed by atoms with van der Waals surface area (Å²) in [6.45, 7) is 11.8. The molecule has 130 valence electrons. The van der Waals surface area contributed by atoms with Gasteiger partial charge in [0.05, 0.1) is 19.3 Å². The van der Waals surface area contributed by atoms with Crippen molar-refractivity contribution in [1.29, 1.82) is 0 Å². The molecule has 5 heteroatoms. The molecule has 1 saturated heterocycles. The Morgan fingerprint density at radius 3 is 2.86 bits per heavy atom. The molecule has 0 saturated carbocycles. The van der Waals surface area contributed by atoms with Crippen molar-refractivity contribution in [1.82, 2.24) is 10.2 Å². The zero-order valence-corrected chi connectivity index (χ0v) is 14.6. The first-order chi connectivity index (χ1) is 10.6. The summed E-state index contributed by atoms with van der Waals surface area (Å²) in [4.78, 5) is 13.9. The second-order valence-electron chi connectivity index (χ2n) is 6.37. The maximum absolute atomic E-state index is 11.6. The van der Waals surface area contributed by atoms with E-state index >= 15 is 0 Å². The van der Waals surface area contributed by atoms with Crippen LogP contribution in [0, 0.1) is 5.92 Å². The van der Waals surface area contributed by atoms with Crippen LogP contribution in [0.15, 0.2) is 0 Å². The third-order valence-corrected chi connectivity index (χ3v) is 3.95. The lowest BCUT2D eigenvalue weighted by Gasteiger charge is -2.33. The van der Waals surface area contributed by atoms with Crippen molar-refractivity contribution < 1.29 is 14.3 Å². The van der Waals surface area contributed by atoms with Crippen molar-refractivity contribution >= 4 is 5.91 Å². The van der Waals surface area contributed by atoms with E-state index in [2.05, 4.69) is 17.1 Å². The van der Waals surface area contributed by atoms with Crippen LogP contribution in [-0.2, 0) is 14.3 Å². The van der Waals surface area contributed by atoms with E-state index in [4.69, 9.17) is 9.47 Å². The van der Waals surface area contributed by atoms with Gasteiger partial charge in [-0.2, -0.15) is 0 Å². The fraction of sp³-hybridized carbons (Fsp3) is 0.941. The molecule has 0 aromatic rings. The van der Waals surface area contributed by atoms with Gasteiger partial charge in [0.15, 0.2) is 0 Å². The first-order valence-electron chi connectivity index (χ1n) is 8.83. The molecule has 1 amide bonds. The molecule has 0 aromatic heterocycles. The highest BCUT2D eigenvalue weighted by Gasteiger charge is 2.21. The Hall–Kier alpha value is -0.650. The maximum atomic E-state index is 11.6. The zero-order chi connectivity index (χ0) is 16.2. The number of carbonyl (C=O) groups excluding carboxylic acids is 1. The predicted molar refractivity (Wildman–Crippen MR) is 89.0 cm³/mol. The van der Waals surface area contributed by atoms with Crippen LogP contribution in [0.3, 0.4) is 0 Å². The number of hydrogen-bond acceptors (Lipinski definition) is 4. The van der Waals surface area contributed by atoms with Crippen LogP contribution in [0.5, 0.6) is 0 Å². The van der Waals surface area contributed by atoms with Crippen LogP contribution < -0.4 is 5.32 Å². The van der Waals surface area contributed by atoms with Crippen LogP contribution in [0.4, 0.5) is 0 Å². The van der Waals surface area contributed by atoms with Gasteiger partial charge in [-0.15, -0.1) is 0 Å². The normalized spacial score (nSPS) is 19.5. The van der Waals surface area contributed by atoms with Crippen molar-refractivity contribution in [3.63, 3.8) is 0 Å². The highest BCUT2D eigenvalue weighted by atomic mass is 16.5. The lowest BCUT2D eigenvalue weighted by atomic mass is 10.2. The zero-order valence-electron chi connectivity index (χ0n) is 14.6. The van der Waals surface area contributed by atoms with Gasteiger partial charge in [0.25, 0.3) is 0 Å². The summed E-state index contributed by atoms with van der Waals surface area (Å²) in [6, 6.07) is 0. The molecular weight excluding hydrogens is 280 g/mol. The Labute approximate surface area is 135 Å².